The molecule has 0 spiro atoms. The molecule has 8 heteroatoms. The number of carbonyl (C=O) groups excluding carboxylic acids is 2. The predicted molar refractivity (Wildman–Crippen MR) is 144 cm³/mol. The molecule has 35 heavy (non-hydrogen) atoms. The number of carbonyl (C=O) groups is 2. The van der Waals surface area contributed by atoms with Gasteiger partial charge in [0.05, 0.1) is 12.6 Å². The summed E-state index contributed by atoms with van der Waals surface area (Å²) in [5.74, 6) is -0.405. The molecule has 3 rings (SSSR count). The van der Waals surface area contributed by atoms with E-state index in [0.29, 0.717) is 30.9 Å². The second kappa shape index (κ2) is 11.3. The number of amides is 2. The van der Waals surface area contributed by atoms with Crippen molar-refractivity contribution in [1.82, 2.24) is 15.2 Å². The van der Waals surface area contributed by atoms with Crippen LogP contribution in [0.3, 0.4) is 0 Å². The quantitative estimate of drug-likeness (QED) is 0.235. The fraction of sp³-hybridized carbons (Fsp3) is 0.333. The molecule has 186 valence electrons. The van der Waals surface area contributed by atoms with Crippen LogP contribution in [0.2, 0.25) is 25.7 Å². The fourth-order valence-corrected chi connectivity index (χ4v) is 4.63. The molecule has 2 heterocycles. The van der Waals surface area contributed by atoms with Crippen LogP contribution in [0.15, 0.2) is 79.5 Å². The van der Waals surface area contributed by atoms with Crippen molar-refractivity contribution in [3.8, 4) is 0 Å². The monoisotopic (exact) mass is 492 g/mol. The number of rotatable bonds is 12. The molecule has 1 aliphatic heterocycles. The van der Waals surface area contributed by atoms with Gasteiger partial charge < -0.3 is 25.7 Å². The van der Waals surface area contributed by atoms with Crippen molar-refractivity contribution in [1.29, 1.82) is 0 Å². The van der Waals surface area contributed by atoms with Crippen molar-refractivity contribution in [2.45, 2.75) is 50.6 Å². The minimum atomic E-state index is -1.22. The molecule has 0 aliphatic carbocycles. The van der Waals surface area contributed by atoms with E-state index in [-0.39, 0.29) is 11.9 Å². The highest BCUT2D eigenvalue weighted by Gasteiger charge is 2.26. The number of hydrogen-bond acceptors (Lipinski definition) is 4. The molecule has 4 N–H and O–H groups in total. The molecule has 0 bridgehead atoms. The Bertz CT molecular complexity index is 1160. The number of para-hydroxylation sites is 1. The first-order valence-corrected chi connectivity index (χ1v) is 15.6. The van der Waals surface area contributed by atoms with Crippen LogP contribution in [0.1, 0.15) is 12.0 Å². The Morgan fingerprint density at radius 1 is 1.31 bits per heavy atom. The van der Waals surface area contributed by atoms with Gasteiger partial charge >= 0.3 is 0 Å². The van der Waals surface area contributed by atoms with Crippen molar-refractivity contribution in [2.24, 2.45) is 5.73 Å². The minimum Gasteiger partial charge on any atom is -0.480 e. The van der Waals surface area contributed by atoms with Crippen LogP contribution in [-0.2, 0) is 20.7 Å². The maximum absolute atomic E-state index is 13.1. The molecule has 2 amide bonds. The van der Waals surface area contributed by atoms with E-state index in [2.05, 4.69) is 43.1 Å². The number of nitrogens with two attached hydrogens (primary N) is 1. The summed E-state index contributed by atoms with van der Waals surface area (Å²) in [5.41, 5.74) is 7.98. The summed E-state index contributed by atoms with van der Waals surface area (Å²) in [7, 11) is -1.22. The van der Waals surface area contributed by atoms with Gasteiger partial charge in [-0.1, -0.05) is 43.9 Å². The number of fused-ring (bicyclic) bond motifs is 1. The van der Waals surface area contributed by atoms with Gasteiger partial charge in [0.1, 0.15) is 6.04 Å². The van der Waals surface area contributed by atoms with E-state index in [0.717, 1.165) is 22.5 Å². The summed E-state index contributed by atoms with van der Waals surface area (Å²) in [6.07, 6.45) is 9.87. The van der Waals surface area contributed by atoms with Crippen LogP contribution in [0, 0.1) is 0 Å². The van der Waals surface area contributed by atoms with E-state index in [1.807, 2.05) is 41.4 Å². The molecular weight excluding hydrogens is 456 g/mol. The van der Waals surface area contributed by atoms with Gasteiger partial charge in [-0.15, -0.1) is 6.58 Å². The van der Waals surface area contributed by atoms with E-state index in [1.165, 1.54) is 0 Å². The maximum Gasteiger partial charge on any atom is 0.251 e. The smallest absolute Gasteiger partial charge is 0.251 e. The van der Waals surface area contributed by atoms with Crippen LogP contribution in [0.5, 0.6) is 0 Å². The second-order valence-corrected chi connectivity index (χ2v) is 15.6. The van der Waals surface area contributed by atoms with Gasteiger partial charge in [0.2, 0.25) is 5.91 Å². The van der Waals surface area contributed by atoms with Crippen LogP contribution in [0.4, 0.5) is 0 Å². The maximum atomic E-state index is 13.1. The molecule has 1 aliphatic rings. The first-order chi connectivity index (χ1) is 16.6. The summed E-state index contributed by atoms with van der Waals surface area (Å²) < 4.78 is 5.91. The van der Waals surface area contributed by atoms with Crippen molar-refractivity contribution >= 4 is 30.8 Å². The Hall–Kier alpha value is -3.52. The summed E-state index contributed by atoms with van der Waals surface area (Å²) in [5, 5.41) is 3.81. The van der Waals surface area contributed by atoms with Crippen molar-refractivity contribution < 1.29 is 14.3 Å². The molecular formula is C27H36N4O3Si. The Morgan fingerprint density at radius 3 is 2.74 bits per heavy atom. The zero-order valence-corrected chi connectivity index (χ0v) is 21.8. The lowest BCUT2D eigenvalue weighted by Gasteiger charge is -2.32. The first kappa shape index (κ1) is 26.1. The van der Waals surface area contributed by atoms with Crippen LogP contribution < -0.4 is 11.1 Å². The van der Waals surface area contributed by atoms with Crippen LogP contribution in [0.25, 0.3) is 10.9 Å². The molecule has 2 aromatic rings. The number of aromatic nitrogens is 1. The molecule has 7 nitrogen and oxygen atoms in total. The van der Waals surface area contributed by atoms with E-state index >= 15 is 0 Å². The first-order valence-electron chi connectivity index (χ1n) is 11.8. The van der Waals surface area contributed by atoms with E-state index in [9.17, 15) is 9.59 Å². The van der Waals surface area contributed by atoms with Gasteiger partial charge in [-0.3, -0.25) is 9.59 Å². The van der Waals surface area contributed by atoms with Gasteiger partial charge in [-0.2, -0.15) is 0 Å². The Labute approximate surface area is 208 Å². The number of benzene rings is 1. The van der Waals surface area contributed by atoms with E-state index < -0.39 is 20.0 Å². The highest BCUT2D eigenvalue weighted by atomic mass is 28.3. The van der Waals surface area contributed by atoms with Crippen LogP contribution >= 0.6 is 0 Å². The van der Waals surface area contributed by atoms with Gasteiger partial charge in [0.15, 0.2) is 5.88 Å². The molecule has 0 saturated carbocycles. The Kier molecular flexibility index (Phi) is 8.40. The highest BCUT2D eigenvalue weighted by Crippen LogP contribution is 2.23. The largest absolute Gasteiger partial charge is 0.480 e. The minimum absolute atomic E-state index is 0.168. The number of primary amides is 1. The number of nitrogens with one attached hydrogen (secondary N) is 2. The summed E-state index contributed by atoms with van der Waals surface area (Å²) >= 11 is 0. The molecule has 2 atom stereocenters. The number of hydrogen-bond donors (Lipinski definition) is 3. The van der Waals surface area contributed by atoms with Gasteiger partial charge in [-0.25, -0.2) is 0 Å². The summed E-state index contributed by atoms with van der Waals surface area (Å²) in [6.45, 7) is 15.4. The zero-order chi connectivity index (χ0) is 25.6. The van der Waals surface area contributed by atoms with Gasteiger partial charge in [-0.05, 0) is 42.8 Å². The number of nitrogens with zero attached hydrogens (tertiary/aromatic N) is 1. The number of ether oxygens (including phenoxy) is 1. The molecule has 1 aromatic carbocycles. The normalized spacial score (nSPS) is 16.5. The lowest BCUT2D eigenvalue weighted by Crippen LogP contribution is -2.46. The fourth-order valence-electron chi connectivity index (χ4n) is 3.92. The Balaban J connectivity index is 1.68. The van der Waals surface area contributed by atoms with Gasteiger partial charge in [0.25, 0.3) is 5.91 Å². The lowest BCUT2D eigenvalue weighted by atomic mass is 10.0. The average Bonchev–Trinajstić information content (AvgIpc) is 3.20. The molecule has 1 aromatic heterocycles. The van der Waals surface area contributed by atoms with E-state index in [4.69, 9.17) is 10.5 Å². The van der Waals surface area contributed by atoms with Crippen molar-refractivity contribution in [3.05, 3.63) is 85.1 Å². The third-order valence-corrected chi connectivity index (χ3v) is 7.67. The lowest BCUT2D eigenvalue weighted by molar-refractivity contribution is -0.125. The third kappa shape index (κ3) is 6.99. The molecule has 0 fully saturated rings. The van der Waals surface area contributed by atoms with E-state index in [1.54, 1.807) is 18.4 Å². The molecule has 0 saturated heterocycles. The average molecular weight is 493 g/mol. The van der Waals surface area contributed by atoms with Crippen LogP contribution in [-0.4, -0.2) is 48.5 Å². The summed E-state index contributed by atoms with van der Waals surface area (Å²) in [6, 6.07) is 7.83. The van der Waals surface area contributed by atoms with Crippen molar-refractivity contribution in [3.63, 3.8) is 0 Å². The van der Waals surface area contributed by atoms with Crippen molar-refractivity contribution in [2.75, 3.05) is 6.61 Å². The SMILES string of the molecule is C=CCC1C=C(C(=O)NC(Cc2c[nH]c3ccccc23)C(N)=O)C=CN1C(=C)OCC[Si](C)(C)C. The predicted octanol–water partition coefficient (Wildman–Crippen LogP) is 4.21. The molecule has 2 unspecified atom stereocenters. The Morgan fingerprint density at radius 2 is 2.06 bits per heavy atom. The van der Waals surface area contributed by atoms with Gasteiger partial charge in [0, 0.05) is 43.4 Å². The topological polar surface area (TPSA) is 100 Å². The third-order valence-electron chi connectivity index (χ3n) is 5.97. The number of aromatic amines is 1. The standard InChI is InChI=1S/C27H36N4O3Si/c1-6-9-22-16-20(12-13-31(22)19(2)34-14-15-35(3,4)5)27(33)30-25(26(28)32)17-21-18-29-24-11-8-7-10-23(21)24/h6-8,10-13,16,18,22,25,29H,1-2,9,14-15,17H2,3-5H3,(H2,28,32)(H,30,33). The number of H-pyrrole nitrogens is 1. The second-order valence-electron chi connectivity index (χ2n) is 9.98. The highest BCUT2D eigenvalue weighted by molar-refractivity contribution is 6.76. The summed E-state index contributed by atoms with van der Waals surface area (Å²) in [4.78, 5) is 30.3. The molecule has 0 radical (unpaired) electrons. The zero-order valence-electron chi connectivity index (χ0n) is 20.8.